The van der Waals surface area contributed by atoms with Gasteiger partial charge < -0.3 is 0 Å². The molecule has 0 atom stereocenters. The lowest BCUT2D eigenvalue weighted by Crippen LogP contribution is -2.20. The zero-order valence-electron chi connectivity index (χ0n) is 9.13. The van der Waals surface area contributed by atoms with E-state index in [-0.39, 0.29) is 11.2 Å². The Morgan fingerprint density at radius 1 is 1.57 bits per heavy atom. The van der Waals surface area contributed by atoms with Crippen LogP contribution in [0.3, 0.4) is 0 Å². The summed E-state index contributed by atoms with van der Waals surface area (Å²) in [6, 6.07) is 1.69. The van der Waals surface area contributed by atoms with Crippen molar-refractivity contribution in [2.45, 2.75) is 33.6 Å². The highest BCUT2D eigenvalue weighted by Crippen LogP contribution is 2.32. The SMILES string of the molecule is C=CC#N.CC1=CC(=O)CC(C)(C)C1. The zero-order valence-corrected chi connectivity index (χ0v) is 9.13. The predicted molar refractivity (Wildman–Crippen MR) is 57.6 cm³/mol. The van der Waals surface area contributed by atoms with E-state index in [9.17, 15) is 4.79 Å². The molecule has 0 saturated carbocycles. The number of hydrogen-bond acceptors (Lipinski definition) is 2. The first kappa shape index (κ1) is 12.6. The minimum atomic E-state index is 0.204. The quantitative estimate of drug-likeness (QED) is 0.552. The Hall–Kier alpha value is -1.36. The van der Waals surface area contributed by atoms with E-state index < -0.39 is 0 Å². The fourth-order valence-electron chi connectivity index (χ4n) is 1.67. The van der Waals surface area contributed by atoms with Gasteiger partial charge in [0.15, 0.2) is 5.78 Å². The largest absolute Gasteiger partial charge is 0.295 e. The van der Waals surface area contributed by atoms with Crippen LogP contribution in [-0.4, -0.2) is 5.78 Å². The van der Waals surface area contributed by atoms with Crippen LogP contribution in [0, 0.1) is 16.7 Å². The molecule has 2 heteroatoms. The molecule has 0 fully saturated rings. The number of carbonyl (C=O) groups is 1. The van der Waals surface area contributed by atoms with E-state index in [1.165, 1.54) is 11.6 Å². The number of rotatable bonds is 0. The molecule has 1 aliphatic carbocycles. The lowest BCUT2D eigenvalue weighted by atomic mass is 9.77. The first-order chi connectivity index (χ1) is 6.41. The van der Waals surface area contributed by atoms with Crippen LogP contribution in [0.5, 0.6) is 0 Å². The molecule has 2 nitrogen and oxygen atoms in total. The van der Waals surface area contributed by atoms with Gasteiger partial charge in [-0.25, -0.2) is 0 Å². The van der Waals surface area contributed by atoms with Crippen LogP contribution in [-0.2, 0) is 4.79 Å². The Kier molecular flexibility index (Phi) is 4.86. The predicted octanol–water partition coefficient (Wildman–Crippen LogP) is 3.02. The highest BCUT2D eigenvalue weighted by Gasteiger charge is 2.25. The molecule has 0 aromatic carbocycles. The fourth-order valence-corrected chi connectivity index (χ4v) is 1.67. The summed E-state index contributed by atoms with van der Waals surface area (Å²) in [5.41, 5.74) is 1.43. The first-order valence-corrected chi connectivity index (χ1v) is 4.62. The molecule has 1 rings (SSSR count). The Balaban J connectivity index is 0.000000364. The van der Waals surface area contributed by atoms with Gasteiger partial charge >= 0.3 is 0 Å². The van der Waals surface area contributed by atoms with Gasteiger partial charge in [0.1, 0.15) is 0 Å². The molecule has 0 heterocycles. The van der Waals surface area contributed by atoms with Crippen molar-refractivity contribution in [2.75, 3.05) is 0 Å². The topological polar surface area (TPSA) is 40.9 Å². The minimum Gasteiger partial charge on any atom is -0.295 e. The van der Waals surface area contributed by atoms with Gasteiger partial charge in [-0.2, -0.15) is 5.26 Å². The Morgan fingerprint density at radius 3 is 2.36 bits per heavy atom. The third kappa shape index (κ3) is 5.31. The van der Waals surface area contributed by atoms with Crippen molar-refractivity contribution in [2.24, 2.45) is 5.41 Å². The van der Waals surface area contributed by atoms with Crippen molar-refractivity contribution in [1.29, 1.82) is 5.26 Å². The van der Waals surface area contributed by atoms with Gasteiger partial charge in [-0.15, -0.1) is 0 Å². The normalized spacial score (nSPS) is 18.4. The summed E-state index contributed by atoms with van der Waals surface area (Å²) >= 11 is 0. The van der Waals surface area contributed by atoms with Crippen LogP contribution in [0.15, 0.2) is 24.3 Å². The smallest absolute Gasteiger partial charge is 0.156 e. The third-order valence-corrected chi connectivity index (χ3v) is 1.91. The average Bonchev–Trinajstić information content (AvgIpc) is 2.00. The number of ketones is 1. The van der Waals surface area contributed by atoms with E-state index in [0.29, 0.717) is 6.42 Å². The summed E-state index contributed by atoms with van der Waals surface area (Å²) in [7, 11) is 0. The molecule has 0 aliphatic heterocycles. The Bertz CT molecular complexity index is 292. The molecule has 0 saturated heterocycles. The van der Waals surface area contributed by atoms with Crippen molar-refractivity contribution in [3.8, 4) is 6.07 Å². The Labute approximate surface area is 85.9 Å². The molecular formula is C12H17NO. The van der Waals surface area contributed by atoms with Crippen LogP contribution >= 0.6 is 0 Å². The van der Waals surface area contributed by atoms with E-state index in [1.54, 1.807) is 12.1 Å². The zero-order chi connectivity index (χ0) is 11.2. The van der Waals surface area contributed by atoms with Gasteiger partial charge in [-0.05, 0) is 24.8 Å². The minimum absolute atomic E-state index is 0.204. The number of nitriles is 1. The van der Waals surface area contributed by atoms with Crippen molar-refractivity contribution in [1.82, 2.24) is 0 Å². The van der Waals surface area contributed by atoms with Crippen LogP contribution in [0.4, 0.5) is 0 Å². The second kappa shape index (κ2) is 5.39. The van der Waals surface area contributed by atoms with Crippen molar-refractivity contribution >= 4 is 5.78 Å². The van der Waals surface area contributed by atoms with Crippen molar-refractivity contribution in [3.63, 3.8) is 0 Å². The molecule has 0 N–H and O–H groups in total. The van der Waals surface area contributed by atoms with E-state index in [0.717, 1.165) is 6.42 Å². The molecule has 0 radical (unpaired) electrons. The van der Waals surface area contributed by atoms with Crippen LogP contribution in [0.2, 0.25) is 0 Å². The summed E-state index contributed by atoms with van der Waals surface area (Å²) in [4.78, 5) is 11.0. The summed E-state index contributed by atoms with van der Waals surface area (Å²) in [5.74, 6) is 0.286. The standard InChI is InChI=1S/C9H14O.C3H3N/c1-7-4-8(10)6-9(2,3)5-7;1-2-3-4/h4H,5-6H2,1-3H3;2H,1H2. The molecular weight excluding hydrogens is 174 g/mol. The lowest BCUT2D eigenvalue weighted by molar-refractivity contribution is -0.117. The summed E-state index contributed by atoms with van der Waals surface area (Å²) in [6.45, 7) is 9.43. The molecule has 0 bridgehead atoms. The average molecular weight is 191 g/mol. The van der Waals surface area contributed by atoms with Gasteiger partial charge in [-0.3, -0.25) is 4.79 Å². The van der Waals surface area contributed by atoms with Gasteiger partial charge in [0.2, 0.25) is 0 Å². The van der Waals surface area contributed by atoms with Gasteiger partial charge in [0.05, 0.1) is 6.07 Å². The lowest BCUT2D eigenvalue weighted by Gasteiger charge is -2.27. The van der Waals surface area contributed by atoms with Gasteiger partial charge in [0.25, 0.3) is 0 Å². The van der Waals surface area contributed by atoms with E-state index in [4.69, 9.17) is 5.26 Å². The number of nitrogens with zero attached hydrogens (tertiary/aromatic N) is 1. The second-order valence-corrected chi connectivity index (χ2v) is 4.31. The van der Waals surface area contributed by atoms with E-state index in [2.05, 4.69) is 20.4 Å². The molecule has 14 heavy (non-hydrogen) atoms. The van der Waals surface area contributed by atoms with E-state index in [1.807, 2.05) is 6.92 Å². The van der Waals surface area contributed by atoms with Crippen LogP contribution in [0.1, 0.15) is 33.6 Å². The third-order valence-electron chi connectivity index (χ3n) is 1.91. The molecule has 0 unspecified atom stereocenters. The fraction of sp³-hybridized carbons (Fsp3) is 0.500. The van der Waals surface area contributed by atoms with E-state index >= 15 is 0 Å². The maximum absolute atomic E-state index is 11.0. The molecule has 0 spiro atoms. The van der Waals surface area contributed by atoms with Gasteiger partial charge in [0, 0.05) is 12.5 Å². The van der Waals surface area contributed by atoms with Crippen LogP contribution in [0.25, 0.3) is 0 Å². The molecule has 0 aromatic rings. The monoisotopic (exact) mass is 191 g/mol. The summed E-state index contributed by atoms with van der Waals surface area (Å²) in [6.07, 6.45) is 4.73. The summed E-state index contributed by atoms with van der Waals surface area (Å²) in [5, 5.41) is 7.51. The molecule has 1 aliphatic rings. The maximum Gasteiger partial charge on any atom is 0.156 e. The van der Waals surface area contributed by atoms with Crippen LogP contribution < -0.4 is 0 Å². The van der Waals surface area contributed by atoms with Crippen molar-refractivity contribution in [3.05, 3.63) is 24.3 Å². The highest BCUT2D eigenvalue weighted by atomic mass is 16.1. The van der Waals surface area contributed by atoms with Gasteiger partial charge in [-0.1, -0.05) is 26.0 Å². The maximum atomic E-state index is 11.0. The first-order valence-electron chi connectivity index (χ1n) is 4.62. The molecule has 76 valence electrons. The molecule has 0 aromatic heterocycles. The van der Waals surface area contributed by atoms with Crippen molar-refractivity contribution < 1.29 is 4.79 Å². The summed E-state index contributed by atoms with van der Waals surface area (Å²) < 4.78 is 0. The second-order valence-electron chi connectivity index (χ2n) is 4.31. The Morgan fingerprint density at radius 2 is 2.07 bits per heavy atom. The molecule has 0 amide bonds. The number of carbonyl (C=O) groups excluding carboxylic acids is 1. The number of allylic oxidation sites excluding steroid dienone is 3. The highest BCUT2D eigenvalue weighted by molar-refractivity contribution is 5.91. The number of hydrogen-bond donors (Lipinski definition) is 0.